The smallest absolute Gasteiger partial charge is 0.264 e. The maximum Gasteiger partial charge on any atom is 0.264 e. The number of rotatable bonds is 12. The Morgan fingerprint density at radius 1 is 0.812 bits per heavy atom. The summed E-state index contributed by atoms with van der Waals surface area (Å²) in [7, 11) is -4.18. The molecular weight excluding hydrogens is 665 g/mol. The first kappa shape index (κ1) is 35.5. The Kier molecular flexibility index (Phi) is 11.8. The number of halogens is 2. The summed E-state index contributed by atoms with van der Waals surface area (Å²) in [5, 5.41) is 3.91. The van der Waals surface area contributed by atoms with Crippen LogP contribution in [0.3, 0.4) is 0 Å². The summed E-state index contributed by atoms with van der Waals surface area (Å²) in [6.07, 6.45) is 5.18. The fourth-order valence-corrected chi connectivity index (χ4v) is 8.07. The third-order valence-corrected chi connectivity index (χ3v) is 11.3. The highest BCUT2D eigenvalue weighted by molar-refractivity contribution is 7.92. The van der Waals surface area contributed by atoms with Crippen LogP contribution in [0.1, 0.15) is 54.4 Å². The number of sulfonamides is 1. The van der Waals surface area contributed by atoms with Gasteiger partial charge in [-0.1, -0.05) is 115 Å². The highest BCUT2D eigenvalue weighted by Gasteiger charge is 2.36. The van der Waals surface area contributed by atoms with Gasteiger partial charge in [0.05, 0.1) is 20.6 Å². The molecule has 1 atom stereocenters. The van der Waals surface area contributed by atoms with Gasteiger partial charge in [-0.15, -0.1) is 0 Å². The number of hydrogen-bond acceptors (Lipinski definition) is 4. The number of aryl methyl sites for hydroxylation is 2. The lowest BCUT2D eigenvalue weighted by Gasteiger charge is -2.35. The van der Waals surface area contributed by atoms with Crippen molar-refractivity contribution in [1.82, 2.24) is 10.2 Å². The van der Waals surface area contributed by atoms with Crippen molar-refractivity contribution in [3.05, 3.63) is 129 Å². The zero-order chi connectivity index (χ0) is 34.3. The van der Waals surface area contributed by atoms with Crippen molar-refractivity contribution < 1.29 is 18.0 Å². The standard InChI is InChI=1S/C38H41Cl2N3O4S/c1-27-18-21-35(28(2)22-27)43(48(46,47)32-16-10-5-11-17-32)26-37(44)42(25-30-19-20-33(39)34(40)23-30)36(24-29-12-6-3-7-13-29)38(45)41-31-14-8-4-9-15-31/h3,5-7,10-13,16-23,31,36H,4,8-9,14-15,24-26H2,1-2H3,(H,41,45). The van der Waals surface area contributed by atoms with Crippen LogP contribution in [0.5, 0.6) is 0 Å². The number of amides is 2. The van der Waals surface area contributed by atoms with E-state index < -0.39 is 28.5 Å². The highest BCUT2D eigenvalue weighted by Crippen LogP contribution is 2.29. The molecule has 1 aliphatic carbocycles. The average molecular weight is 707 g/mol. The van der Waals surface area contributed by atoms with Crippen molar-refractivity contribution in [2.75, 3.05) is 10.8 Å². The lowest BCUT2D eigenvalue weighted by atomic mass is 9.94. The number of benzene rings is 4. The molecule has 0 bridgehead atoms. The Morgan fingerprint density at radius 2 is 1.48 bits per heavy atom. The van der Waals surface area contributed by atoms with Crippen molar-refractivity contribution in [2.24, 2.45) is 0 Å². The molecule has 1 N–H and O–H groups in total. The predicted molar refractivity (Wildman–Crippen MR) is 193 cm³/mol. The first-order chi connectivity index (χ1) is 23.0. The molecule has 4 aromatic rings. The molecular formula is C38H41Cl2N3O4S. The molecule has 2 amide bonds. The molecule has 10 heteroatoms. The predicted octanol–water partition coefficient (Wildman–Crippen LogP) is 7.89. The van der Waals surface area contributed by atoms with Gasteiger partial charge in [0.25, 0.3) is 10.0 Å². The normalized spacial score (nSPS) is 14.2. The monoisotopic (exact) mass is 705 g/mol. The second-order valence-electron chi connectivity index (χ2n) is 12.4. The zero-order valence-corrected chi connectivity index (χ0v) is 29.6. The number of carbonyl (C=O) groups is 2. The van der Waals surface area contributed by atoms with Crippen LogP contribution < -0.4 is 9.62 Å². The summed E-state index contributed by atoms with van der Waals surface area (Å²) in [6.45, 7) is 3.24. The minimum Gasteiger partial charge on any atom is -0.352 e. The molecule has 48 heavy (non-hydrogen) atoms. The molecule has 0 spiro atoms. The second-order valence-corrected chi connectivity index (χ2v) is 15.1. The van der Waals surface area contributed by atoms with Crippen molar-refractivity contribution in [3.63, 3.8) is 0 Å². The second kappa shape index (κ2) is 16.0. The molecule has 252 valence electrons. The van der Waals surface area contributed by atoms with E-state index >= 15 is 0 Å². The van der Waals surface area contributed by atoms with Crippen molar-refractivity contribution in [1.29, 1.82) is 0 Å². The molecule has 1 aliphatic rings. The molecule has 1 fully saturated rings. The van der Waals surface area contributed by atoms with Crippen LogP contribution in [0.15, 0.2) is 102 Å². The molecule has 7 nitrogen and oxygen atoms in total. The van der Waals surface area contributed by atoms with E-state index in [-0.39, 0.29) is 29.8 Å². The van der Waals surface area contributed by atoms with Gasteiger partial charge in [0.1, 0.15) is 12.6 Å². The molecule has 4 aromatic carbocycles. The van der Waals surface area contributed by atoms with E-state index in [1.165, 1.54) is 17.0 Å². The first-order valence-electron chi connectivity index (χ1n) is 16.3. The molecule has 0 heterocycles. The van der Waals surface area contributed by atoms with E-state index in [1.807, 2.05) is 56.3 Å². The summed E-state index contributed by atoms with van der Waals surface area (Å²) in [4.78, 5) is 30.6. The molecule has 1 unspecified atom stereocenters. The first-order valence-corrected chi connectivity index (χ1v) is 18.5. The number of hydrogen-bond donors (Lipinski definition) is 1. The van der Waals surface area contributed by atoms with Crippen molar-refractivity contribution in [3.8, 4) is 0 Å². The van der Waals surface area contributed by atoms with Gasteiger partial charge in [0, 0.05) is 19.0 Å². The van der Waals surface area contributed by atoms with Gasteiger partial charge in [-0.3, -0.25) is 13.9 Å². The van der Waals surface area contributed by atoms with E-state index in [4.69, 9.17) is 23.2 Å². The van der Waals surface area contributed by atoms with Crippen LogP contribution in [-0.2, 0) is 32.6 Å². The number of carbonyl (C=O) groups excluding carboxylic acids is 2. The zero-order valence-electron chi connectivity index (χ0n) is 27.2. The van der Waals surface area contributed by atoms with E-state index in [0.717, 1.165) is 47.5 Å². The Bertz CT molecular complexity index is 1830. The van der Waals surface area contributed by atoms with Gasteiger partial charge in [-0.05, 0) is 73.7 Å². The van der Waals surface area contributed by atoms with Crippen LogP contribution in [0, 0.1) is 13.8 Å². The van der Waals surface area contributed by atoms with E-state index in [2.05, 4.69) is 5.32 Å². The Morgan fingerprint density at radius 3 is 2.12 bits per heavy atom. The van der Waals surface area contributed by atoms with Crippen molar-refractivity contribution in [2.45, 2.75) is 75.9 Å². The summed E-state index contributed by atoms with van der Waals surface area (Å²) in [5.74, 6) is -0.802. The summed E-state index contributed by atoms with van der Waals surface area (Å²) < 4.78 is 29.7. The quantitative estimate of drug-likeness (QED) is 0.162. The fraction of sp³-hybridized carbons (Fsp3) is 0.316. The number of anilines is 1. The van der Waals surface area contributed by atoms with Crippen LogP contribution in [0.25, 0.3) is 0 Å². The Labute approximate surface area is 293 Å². The lowest BCUT2D eigenvalue weighted by molar-refractivity contribution is -0.140. The molecule has 0 aliphatic heterocycles. The van der Waals surface area contributed by atoms with Crippen LogP contribution in [0.2, 0.25) is 10.0 Å². The third-order valence-electron chi connectivity index (χ3n) is 8.79. The summed E-state index contributed by atoms with van der Waals surface area (Å²) >= 11 is 12.6. The fourth-order valence-electron chi connectivity index (χ4n) is 6.25. The molecule has 5 rings (SSSR count). The van der Waals surface area contributed by atoms with Crippen LogP contribution in [-0.4, -0.2) is 43.8 Å². The minimum atomic E-state index is -4.18. The maximum absolute atomic E-state index is 14.7. The SMILES string of the molecule is Cc1ccc(N(CC(=O)N(Cc2ccc(Cl)c(Cl)c2)C(Cc2ccccc2)C(=O)NC2CCCCC2)S(=O)(=O)c2ccccc2)c(C)c1. The lowest BCUT2D eigenvalue weighted by Crippen LogP contribution is -2.55. The van der Waals surface area contributed by atoms with E-state index in [0.29, 0.717) is 26.9 Å². The van der Waals surface area contributed by atoms with Gasteiger partial charge in [-0.2, -0.15) is 0 Å². The highest BCUT2D eigenvalue weighted by atomic mass is 35.5. The maximum atomic E-state index is 14.7. The topological polar surface area (TPSA) is 86.8 Å². The van der Waals surface area contributed by atoms with Gasteiger partial charge >= 0.3 is 0 Å². The largest absolute Gasteiger partial charge is 0.352 e. The van der Waals surface area contributed by atoms with Gasteiger partial charge in [0.15, 0.2) is 0 Å². The average Bonchev–Trinajstić information content (AvgIpc) is 3.08. The van der Waals surface area contributed by atoms with Gasteiger partial charge in [0.2, 0.25) is 11.8 Å². The van der Waals surface area contributed by atoms with Crippen molar-refractivity contribution >= 4 is 50.7 Å². The third kappa shape index (κ3) is 8.78. The van der Waals surface area contributed by atoms with Gasteiger partial charge in [-0.25, -0.2) is 8.42 Å². The van der Waals surface area contributed by atoms with E-state index in [1.54, 1.807) is 42.5 Å². The van der Waals surface area contributed by atoms with E-state index in [9.17, 15) is 18.0 Å². The Hall–Kier alpha value is -3.85. The molecule has 0 aromatic heterocycles. The number of nitrogens with zero attached hydrogens (tertiary/aromatic N) is 2. The summed E-state index contributed by atoms with van der Waals surface area (Å²) in [6, 6.07) is 27.2. The summed E-state index contributed by atoms with van der Waals surface area (Å²) in [5.41, 5.74) is 3.58. The van der Waals surface area contributed by atoms with Gasteiger partial charge < -0.3 is 10.2 Å². The molecule has 1 saturated carbocycles. The number of nitrogens with one attached hydrogen (secondary N) is 1. The minimum absolute atomic E-state index is 0.0108. The Balaban J connectivity index is 1.59. The van der Waals surface area contributed by atoms with Crippen LogP contribution in [0.4, 0.5) is 5.69 Å². The molecule has 0 radical (unpaired) electrons. The van der Waals surface area contributed by atoms with Crippen LogP contribution >= 0.6 is 23.2 Å². The molecule has 0 saturated heterocycles.